The first-order chi connectivity index (χ1) is 8.51. The van der Waals surface area contributed by atoms with Gasteiger partial charge in [0.25, 0.3) is 0 Å². The maximum Gasteiger partial charge on any atom is 0.0239 e. The number of rotatable bonds is 3. The SMILES string of the molecule is Cc1ccc(CN2CCC(CN)CC2(C)C)cc1. The summed E-state index contributed by atoms with van der Waals surface area (Å²) in [7, 11) is 0. The molecule has 1 aromatic rings. The molecular formula is C16H26N2. The van der Waals surface area contributed by atoms with Gasteiger partial charge in [-0.1, -0.05) is 29.8 Å². The van der Waals surface area contributed by atoms with Crippen LogP contribution in [0.4, 0.5) is 0 Å². The Morgan fingerprint density at radius 3 is 2.50 bits per heavy atom. The third-order valence-corrected chi connectivity index (χ3v) is 4.28. The van der Waals surface area contributed by atoms with Crippen molar-refractivity contribution in [3.8, 4) is 0 Å². The van der Waals surface area contributed by atoms with Gasteiger partial charge in [-0.3, -0.25) is 4.90 Å². The second-order valence-electron chi connectivity index (χ2n) is 6.31. The molecule has 0 spiro atoms. The van der Waals surface area contributed by atoms with E-state index in [0.29, 0.717) is 5.92 Å². The predicted octanol–water partition coefficient (Wildman–Crippen LogP) is 2.94. The molecule has 18 heavy (non-hydrogen) atoms. The third-order valence-electron chi connectivity index (χ3n) is 4.28. The van der Waals surface area contributed by atoms with Crippen LogP contribution < -0.4 is 5.73 Å². The highest BCUT2D eigenvalue weighted by atomic mass is 15.2. The van der Waals surface area contributed by atoms with Crippen LogP contribution in [0.25, 0.3) is 0 Å². The Morgan fingerprint density at radius 1 is 1.28 bits per heavy atom. The van der Waals surface area contributed by atoms with Gasteiger partial charge in [0.05, 0.1) is 0 Å². The molecule has 1 aliphatic heterocycles. The molecule has 2 nitrogen and oxygen atoms in total. The normalized spacial score (nSPS) is 24.1. The number of benzene rings is 1. The summed E-state index contributed by atoms with van der Waals surface area (Å²) in [6.07, 6.45) is 2.46. The Kier molecular flexibility index (Phi) is 4.08. The highest BCUT2D eigenvalue weighted by Gasteiger charge is 2.33. The maximum atomic E-state index is 5.82. The lowest BCUT2D eigenvalue weighted by Gasteiger charge is -2.45. The van der Waals surface area contributed by atoms with Gasteiger partial charge < -0.3 is 5.73 Å². The number of hydrogen-bond donors (Lipinski definition) is 1. The number of hydrogen-bond acceptors (Lipinski definition) is 2. The van der Waals surface area contributed by atoms with Crippen LogP contribution in [0.5, 0.6) is 0 Å². The van der Waals surface area contributed by atoms with E-state index in [-0.39, 0.29) is 5.54 Å². The van der Waals surface area contributed by atoms with Crippen molar-refractivity contribution in [2.75, 3.05) is 13.1 Å². The molecule has 1 aliphatic rings. The Labute approximate surface area is 111 Å². The first-order valence-corrected chi connectivity index (χ1v) is 7.02. The first kappa shape index (κ1) is 13.6. The zero-order valence-corrected chi connectivity index (χ0v) is 11.9. The van der Waals surface area contributed by atoms with Crippen LogP contribution >= 0.6 is 0 Å². The predicted molar refractivity (Wildman–Crippen MR) is 77.4 cm³/mol. The Morgan fingerprint density at radius 2 is 1.94 bits per heavy atom. The van der Waals surface area contributed by atoms with Crippen molar-refractivity contribution in [1.29, 1.82) is 0 Å². The molecule has 100 valence electrons. The largest absolute Gasteiger partial charge is 0.330 e. The van der Waals surface area contributed by atoms with Gasteiger partial charge >= 0.3 is 0 Å². The molecule has 1 fully saturated rings. The fourth-order valence-electron chi connectivity index (χ4n) is 2.99. The van der Waals surface area contributed by atoms with E-state index in [9.17, 15) is 0 Å². The molecule has 0 amide bonds. The van der Waals surface area contributed by atoms with Crippen LogP contribution in [0.2, 0.25) is 0 Å². The minimum atomic E-state index is 0.271. The molecule has 0 radical (unpaired) electrons. The van der Waals surface area contributed by atoms with Crippen LogP contribution in [0, 0.1) is 12.8 Å². The molecule has 1 saturated heterocycles. The Bertz CT molecular complexity index is 381. The van der Waals surface area contributed by atoms with E-state index in [1.807, 2.05) is 0 Å². The number of nitrogens with two attached hydrogens (primary N) is 1. The minimum absolute atomic E-state index is 0.271. The zero-order valence-electron chi connectivity index (χ0n) is 11.9. The van der Waals surface area contributed by atoms with Crippen molar-refractivity contribution < 1.29 is 0 Å². The van der Waals surface area contributed by atoms with Crippen molar-refractivity contribution in [2.24, 2.45) is 11.7 Å². The molecule has 2 heteroatoms. The van der Waals surface area contributed by atoms with Crippen LogP contribution in [-0.4, -0.2) is 23.5 Å². The van der Waals surface area contributed by atoms with Gasteiger partial charge in [-0.25, -0.2) is 0 Å². The molecule has 2 N–H and O–H groups in total. The lowest BCUT2D eigenvalue weighted by atomic mass is 9.82. The summed E-state index contributed by atoms with van der Waals surface area (Å²) in [6, 6.07) is 8.91. The van der Waals surface area contributed by atoms with Crippen molar-refractivity contribution in [1.82, 2.24) is 4.90 Å². The second-order valence-corrected chi connectivity index (χ2v) is 6.31. The summed E-state index contributed by atoms with van der Waals surface area (Å²) >= 11 is 0. The van der Waals surface area contributed by atoms with Crippen LogP contribution in [0.15, 0.2) is 24.3 Å². The maximum absolute atomic E-state index is 5.82. The summed E-state index contributed by atoms with van der Waals surface area (Å²) in [5, 5.41) is 0. The van der Waals surface area contributed by atoms with Gasteiger partial charge in [0.15, 0.2) is 0 Å². The fraction of sp³-hybridized carbons (Fsp3) is 0.625. The smallest absolute Gasteiger partial charge is 0.0239 e. The fourth-order valence-corrected chi connectivity index (χ4v) is 2.99. The van der Waals surface area contributed by atoms with E-state index in [2.05, 4.69) is 49.9 Å². The average molecular weight is 246 g/mol. The van der Waals surface area contributed by atoms with E-state index >= 15 is 0 Å². The van der Waals surface area contributed by atoms with Gasteiger partial charge in [-0.2, -0.15) is 0 Å². The summed E-state index contributed by atoms with van der Waals surface area (Å²) in [6.45, 7) is 9.90. The molecule has 0 aromatic heterocycles. The van der Waals surface area contributed by atoms with Gasteiger partial charge in [-0.15, -0.1) is 0 Å². The summed E-state index contributed by atoms with van der Waals surface area (Å²) in [5.74, 6) is 0.703. The van der Waals surface area contributed by atoms with Crippen LogP contribution in [0.1, 0.15) is 37.8 Å². The molecule has 0 saturated carbocycles. The first-order valence-electron chi connectivity index (χ1n) is 7.02. The standard InChI is InChI=1S/C16H26N2/c1-13-4-6-14(7-5-13)12-18-9-8-15(11-17)10-16(18,2)3/h4-7,15H,8-12,17H2,1-3H3. The summed E-state index contributed by atoms with van der Waals surface area (Å²) in [5.41, 5.74) is 8.84. The number of aryl methyl sites for hydroxylation is 1. The second kappa shape index (κ2) is 5.41. The minimum Gasteiger partial charge on any atom is -0.330 e. The molecule has 1 heterocycles. The van der Waals surface area contributed by atoms with Gasteiger partial charge in [-0.05, 0) is 58.2 Å². The quantitative estimate of drug-likeness (QED) is 0.888. The lowest BCUT2D eigenvalue weighted by molar-refractivity contribution is 0.0418. The average Bonchev–Trinajstić information content (AvgIpc) is 2.34. The Balaban J connectivity index is 2.03. The van der Waals surface area contributed by atoms with E-state index in [1.54, 1.807) is 0 Å². The molecule has 0 aliphatic carbocycles. The summed E-state index contributed by atoms with van der Waals surface area (Å²) in [4.78, 5) is 2.60. The topological polar surface area (TPSA) is 29.3 Å². The summed E-state index contributed by atoms with van der Waals surface area (Å²) < 4.78 is 0. The van der Waals surface area contributed by atoms with E-state index in [4.69, 9.17) is 5.73 Å². The molecule has 1 atom stereocenters. The van der Waals surface area contributed by atoms with Crippen LogP contribution in [-0.2, 0) is 6.54 Å². The zero-order chi connectivity index (χ0) is 13.2. The van der Waals surface area contributed by atoms with Crippen molar-refractivity contribution in [3.63, 3.8) is 0 Å². The van der Waals surface area contributed by atoms with Crippen LogP contribution in [0.3, 0.4) is 0 Å². The number of piperidine rings is 1. The molecule has 0 bridgehead atoms. The van der Waals surface area contributed by atoms with Crippen molar-refractivity contribution in [2.45, 2.75) is 45.7 Å². The number of likely N-dealkylation sites (tertiary alicyclic amines) is 1. The monoisotopic (exact) mass is 246 g/mol. The van der Waals surface area contributed by atoms with E-state index in [0.717, 1.165) is 13.1 Å². The molecule has 2 rings (SSSR count). The molecular weight excluding hydrogens is 220 g/mol. The van der Waals surface area contributed by atoms with Crippen molar-refractivity contribution in [3.05, 3.63) is 35.4 Å². The third kappa shape index (κ3) is 3.12. The van der Waals surface area contributed by atoms with E-state index in [1.165, 1.54) is 30.5 Å². The van der Waals surface area contributed by atoms with Gasteiger partial charge in [0.1, 0.15) is 0 Å². The van der Waals surface area contributed by atoms with Crippen molar-refractivity contribution >= 4 is 0 Å². The highest BCUT2D eigenvalue weighted by Crippen LogP contribution is 2.32. The van der Waals surface area contributed by atoms with E-state index < -0.39 is 0 Å². The lowest BCUT2D eigenvalue weighted by Crippen LogP contribution is -2.50. The molecule has 1 unspecified atom stereocenters. The van der Waals surface area contributed by atoms with Gasteiger partial charge in [0.2, 0.25) is 0 Å². The molecule has 1 aromatic carbocycles. The highest BCUT2D eigenvalue weighted by molar-refractivity contribution is 5.21. The number of nitrogens with zero attached hydrogens (tertiary/aromatic N) is 1. The Hall–Kier alpha value is -0.860. The van der Waals surface area contributed by atoms with Gasteiger partial charge in [0, 0.05) is 12.1 Å².